The number of primary amides is 1. The highest BCUT2D eigenvalue weighted by Crippen LogP contribution is 2.23. The van der Waals surface area contributed by atoms with Gasteiger partial charge < -0.3 is 10.5 Å². The number of carbonyl (C=O) groups is 1. The lowest BCUT2D eigenvalue weighted by molar-refractivity contribution is -0.117. The second-order valence-corrected chi connectivity index (χ2v) is 4.54. The van der Waals surface area contributed by atoms with Crippen LogP contribution in [0.4, 0.5) is 0 Å². The molecular weight excluding hydrogens is 226 g/mol. The third-order valence-electron chi connectivity index (χ3n) is 1.96. The van der Waals surface area contributed by atoms with Gasteiger partial charge in [-0.2, -0.15) is 0 Å². The summed E-state index contributed by atoms with van der Waals surface area (Å²) in [5.41, 5.74) is 5.90. The number of hydrogen-bond acceptors (Lipinski definition) is 2. The average molecular weight is 242 g/mol. The van der Waals surface area contributed by atoms with Gasteiger partial charge >= 0.3 is 0 Å². The van der Waals surface area contributed by atoms with Gasteiger partial charge in [0.05, 0.1) is 13.0 Å². The van der Waals surface area contributed by atoms with Crippen molar-refractivity contribution in [2.24, 2.45) is 11.7 Å². The first kappa shape index (κ1) is 12.8. The number of carbonyl (C=O) groups excluding carboxylic acids is 1. The minimum Gasteiger partial charge on any atom is -0.493 e. The molecule has 0 atom stereocenters. The van der Waals surface area contributed by atoms with E-state index in [-0.39, 0.29) is 6.42 Å². The van der Waals surface area contributed by atoms with Gasteiger partial charge in [-0.15, -0.1) is 0 Å². The summed E-state index contributed by atoms with van der Waals surface area (Å²) in [5.74, 6) is 0.714. The maximum Gasteiger partial charge on any atom is 0.221 e. The second kappa shape index (κ2) is 5.75. The number of nitrogens with two attached hydrogens (primary N) is 1. The van der Waals surface area contributed by atoms with E-state index in [1.807, 2.05) is 0 Å². The highest BCUT2D eigenvalue weighted by molar-refractivity contribution is 6.30. The molecule has 0 saturated heterocycles. The maximum absolute atomic E-state index is 10.9. The van der Waals surface area contributed by atoms with Crippen LogP contribution in [0.2, 0.25) is 5.02 Å². The fraction of sp³-hybridized carbons (Fsp3) is 0.417. The van der Waals surface area contributed by atoms with E-state index in [1.165, 1.54) is 0 Å². The molecule has 1 aromatic carbocycles. The minimum absolute atomic E-state index is 0.147. The fourth-order valence-corrected chi connectivity index (χ4v) is 1.47. The first-order valence-electron chi connectivity index (χ1n) is 5.18. The van der Waals surface area contributed by atoms with Crippen molar-refractivity contribution in [3.8, 4) is 5.75 Å². The van der Waals surface area contributed by atoms with Crippen molar-refractivity contribution in [3.05, 3.63) is 28.8 Å². The van der Waals surface area contributed by atoms with Gasteiger partial charge in [0, 0.05) is 10.6 Å². The molecule has 1 aromatic rings. The Balaban J connectivity index is 2.84. The largest absolute Gasteiger partial charge is 0.493 e. The Labute approximate surface area is 101 Å². The summed E-state index contributed by atoms with van der Waals surface area (Å²) in [5, 5.41) is 0.577. The van der Waals surface area contributed by atoms with E-state index in [0.717, 1.165) is 5.56 Å². The molecule has 2 N–H and O–H groups in total. The van der Waals surface area contributed by atoms with Crippen LogP contribution in [0.25, 0.3) is 0 Å². The Morgan fingerprint density at radius 2 is 2.19 bits per heavy atom. The Morgan fingerprint density at radius 1 is 1.50 bits per heavy atom. The van der Waals surface area contributed by atoms with Crippen molar-refractivity contribution in [3.63, 3.8) is 0 Å². The smallest absolute Gasteiger partial charge is 0.221 e. The van der Waals surface area contributed by atoms with Crippen molar-refractivity contribution in [2.75, 3.05) is 6.61 Å². The van der Waals surface area contributed by atoms with Gasteiger partial charge in [-0.05, 0) is 24.1 Å². The summed E-state index contributed by atoms with van der Waals surface area (Å²) in [6, 6.07) is 5.21. The zero-order valence-electron chi connectivity index (χ0n) is 9.50. The monoisotopic (exact) mass is 241 g/mol. The van der Waals surface area contributed by atoms with E-state index < -0.39 is 5.91 Å². The predicted molar refractivity (Wildman–Crippen MR) is 64.7 cm³/mol. The molecule has 0 saturated carbocycles. The van der Waals surface area contributed by atoms with Gasteiger partial charge in [0.15, 0.2) is 0 Å². The standard InChI is InChI=1S/C12H16ClNO2/c1-8(2)7-16-11-4-3-10(13)5-9(11)6-12(14)15/h3-5,8H,6-7H2,1-2H3,(H2,14,15). The summed E-state index contributed by atoms with van der Waals surface area (Å²) < 4.78 is 5.59. The molecule has 0 radical (unpaired) electrons. The first-order valence-corrected chi connectivity index (χ1v) is 5.56. The van der Waals surface area contributed by atoms with Crippen molar-refractivity contribution in [1.29, 1.82) is 0 Å². The topological polar surface area (TPSA) is 52.3 Å². The normalized spacial score (nSPS) is 10.5. The lowest BCUT2D eigenvalue weighted by Crippen LogP contribution is -2.15. The molecule has 16 heavy (non-hydrogen) atoms. The number of amides is 1. The molecule has 0 aromatic heterocycles. The molecule has 0 aliphatic rings. The summed E-state index contributed by atoms with van der Waals surface area (Å²) in [4.78, 5) is 10.9. The Kier molecular flexibility index (Phi) is 4.62. The van der Waals surface area contributed by atoms with Crippen molar-refractivity contribution < 1.29 is 9.53 Å². The average Bonchev–Trinajstić information content (AvgIpc) is 2.15. The van der Waals surface area contributed by atoms with Gasteiger partial charge in [-0.25, -0.2) is 0 Å². The quantitative estimate of drug-likeness (QED) is 0.861. The van der Waals surface area contributed by atoms with Gasteiger partial charge in [0.25, 0.3) is 0 Å². The number of hydrogen-bond donors (Lipinski definition) is 1. The zero-order chi connectivity index (χ0) is 12.1. The maximum atomic E-state index is 10.9. The van der Waals surface area contributed by atoms with Crippen LogP contribution in [0.5, 0.6) is 5.75 Å². The Morgan fingerprint density at radius 3 is 2.75 bits per heavy atom. The number of benzene rings is 1. The minimum atomic E-state index is -0.392. The highest BCUT2D eigenvalue weighted by Gasteiger charge is 2.08. The van der Waals surface area contributed by atoms with Crippen LogP contribution in [-0.2, 0) is 11.2 Å². The van der Waals surface area contributed by atoms with E-state index in [9.17, 15) is 4.79 Å². The third-order valence-corrected chi connectivity index (χ3v) is 2.19. The summed E-state index contributed by atoms with van der Waals surface area (Å²) in [7, 11) is 0. The van der Waals surface area contributed by atoms with E-state index >= 15 is 0 Å². The molecule has 4 heteroatoms. The van der Waals surface area contributed by atoms with Gasteiger partial charge in [-0.1, -0.05) is 25.4 Å². The molecule has 1 amide bonds. The Hall–Kier alpha value is -1.22. The van der Waals surface area contributed by atoms with E-state index in [1.54, 1.807) is 18.2 Å². The molecule has 1 rings (SSSR count). The van der Waals surface area contributed by atoms with E-state index in [2.05, 4.69) is 13.8 Å². The van der Waals surface area contributed by atoms with Gasteiger partial charge in [-0.3, -0.25) is 4.79 Å². The van der Waals surface area contributed by atoms with Crippen LogP contribution in [0, 0.1) is 5.92 Å². The molecular formula is C12H16ClNO2. The van der Waals surface area contributed by atoms with Crippen LogP contribution in [0.1, 0.15) is 19.4 Å². The fourth-order valence-electron chi connectivity index (χ4n) is 1.27. The Bertz CT molecular complexity index is 377. The molecule has 0 aliphatic heterocycles. The molecule has 0 aliphatic carbocycles. The van der Waals surface area contributed by atoms with Crippen LogP contribution < -0.4 is 10.5 Å². The van der Waals surface area contributed by atoms with Gasteiger partial charge in [0.2, 0.25) is 5.91 Å². The summed E-state index contributed by atoms with van der Waals surface area (Å²) in [6.45, 7) is 4.72. The molecule has 0 fully saturated rings. The second-order valence-electron chi connectivity index (χ2n) is 4.10. The van der Waals surface area contributed by atoms with Crippen LogP contribution >= 0.6 is 11.6 Å². The predicted octanol–water partition coefficient (Wildman–Crippen LogP) is 2.40. The SMILES string of the molecule is CC(C)COc1ccc(Cl)cc1CC(N)=O. The highest BCUT2D eigenvalue weighted by atomic mass is 35.5. The molecule has 88 valence electrons. The van der Waals surface area contributed by atoms with Gasteiger partial charge in [0.1, 0.15) is 5.75 Å². The molecule has 0 heterocycles. The molecule has 0 spiro atoms. The van der Waals surface area contributed by atoms with Crippen LogP contribution in [0.15, 0.2) is 18.2 Å². The van der Waals surface area contributed by atoms with Crippen molar-refractivity contribution in [1.82, 2.24) is 0 Å². The van der Waals surface area contributed by atoms with Crippen LogP contribution in [-0.4, -0.2) is 12.5 Å². The zero-order valence-corrected chi connectivity index (χ0v) is 10.3. The molecule has 0 unspecified atom stereocenters. The number of ether oxygens (including phenoxy) is 1. The summed E-state index contributed by atoms with van der Waals surface area (Å²) >= 11 is 5.86. The van der Waals surface area contributed by atoms with E-state index in [4.69, 9.17) is 22.1 Å². The van der Waals surface area contributed by atoms with Crippen molar-refractivity contribution in [2.45, 2.75) is 20.3 Å². The van der Waals surface area contributed by atoms with Crippen molar-refractivity contribution >= 4 is 17.5 Å². The van der Waals surface area contributed by atoms with E-state index in [0.29, 0.717) is 23.3 Å². The lowest BCUT2D eigenvalue weighted by atomic mass is 10.1. The third kappa shape index (κ3) is 4.11. The lowest BCUT2D eigenvalue weighted by Gasteiger charge is -2.12. The number of rotatable bonds is 5. The molecule has 0 bridgehead atoms. The first-order chi connectivity index (χ1) is 7.49. The summed E-state index contributed by atoms with van der Waals surface area (Å²) in [6.07, 6.45) is 0.147. The number of halogens is 1. The van der Waals surface area contributed by atoms with Crippen LogP contribution in [0.3, 0.4) is 0 Å². The molecule has 3 nitrogen and oxygen atoms in total.